The van der Waals surface area contributed by atoms with E-state index >= 15 is 0 Å². The van der Waals surface area contributed by atoms with Crippen LogP contribution in [0.4, 0.5) is 0 Å². The number of Topliss-reactive ketones (excluding diaryl/α,β-unsaturated/α-hetero) is 2. The van der Waals surface area contributed by atoms with Gasteiger partial charge < -0.3 is 0 Å². The van der Waals surface area contributed by atoms with Gasteiger partial charge in [-0.05, 0) is 17.7 Å². The molecule has 1 aromatic rings. The summed E-state index contributed by atoms with van der Waals surface area (Å²) >= 11 is 0. The van der Waals surface area contributed by atoms with Gasteiger partial charge in [-0.15, -0.1) is 0 Å². The van der Waals surface area contributed by atoms with E-state index in [2.05, 4.69) is 4.99 Å². The summed E-state index contributed by atoms with van der Waals surface area (Å²) in [5.41, 5.74) is 3.94. The van der Waals surface area contributed by atoms with Crippen LogP contribution >= 0.6 is 0 Å². The molecule has 1 aromatic carbocycles. The first-order chi connectivity index (χ1) is 9.25. The number of benzene rings is 1. The molecule has 2 aliphatic carbocycles. The molecule has 3 aliphatic rings. The van der Waals surface area contributed by atoms with Crippen molar-refractivity contribution < 1.29 is 9.59 Å². The van der Waals surface area contributed by atoms with Gasteiger partial charge in [0.2, 0.25) is 0 Å². The number of nitrogens with zero attached hydrogens (tertiary/aromatic N) is 1. The standard InChI is InChI=1S/C16H9NO2/c18-15-10-3-1-2-4-11(10)16(19)13-8-14-9(5-6-17-14)7-12(13)15/h1-6,8H,7H2. The number of fused-ring (bicyclic) bond motifs is 2. The number of aliphatic imine (C=N–C) groups is 1. The number of allylic oxidation sites excluding steroid dienone is 5. The van der Waals surface area contributed by atoms with Crippen LogP contribution in [0.15, 0.2) is 63.8 Å². The summed E-state index contributed by atoms with van der Waals surface area (Å²) in [4.78, 5) is 29.1. The van der Waals surface area contributed by atoms with Crippen LogP contribution in [-0.2, 0) is 0 Å². The van der Waals surface area contributed by atoms with E-state index in [9.17, 15) is 9.59 Å². The van der Waals surface area contributed by atoms with Crippen molar-refractivity contribution in [1.29, 1.82) is 0 Å². The molecule has 0 spiro atoms. The molecule has 0 N–H and O–H groups in total. The van der Waals surface area contributed by atoms with Gasteiger partial charge in [-0.1, -0.05) is 24.3 Å². The maximum atomic E-state index is 12.5. The van der Waals surface area contributed by atoms with E-state index in [1.807, 2.05) is 6.08 Å². The van der Waals surface area contributed by atoms with Crippen molar-refractivity contribution in [2.75, 3.05) is 0 Å². The lowest BCUT2D eigenvalue weighted by Gasteiger charge is -2.23. The maximum Gasteiger partial charge on any atom is 0.194 e. The van der Waals surface area contributed by atoms with Gasteiger partial charge in [-0.3, -0.25) is 14.6 Å². The minimum absolute atomic E-state index is 0.0340. The fraction of sp³-hybridized carbons (Fsp3) is 0.0625. The SMILES string of the molecule is O=C1C2=C(CC3=CC=NC3=C2)C(=O)c2ccccc21. The molecule has 19 heavy (non-hydrogen) atoms. The second-order valence-electron chi connectivity index (χ2n) is 4.77. The van der Waals surface area contributed by atoms with Crippen LogP contribution in [-0.4, -0.2) is 17.8 Å². The van der Waals surface area contributed by atoms with E-state index in [1.165, 1.54) is 0 Å². The van der Waals surface area contributed by atoms with Crippen LogP contribution in [0.3, 0.4) is 0 Å². The first kappa shape index (κ1) is 10.4. The van der Waals surface area contributed by atoms with Gasteiger partial charge in [0.15, 0.2) is 11.6 Å². The maximum absolute atomic E-state index is 12.5. The third kappa shape index (κ3) is 1.30. The summed E-state index contributed by atoms with van der Waals surface area (Å²) in [5, 5.41) is 0. The number of ketones is 2. The van der Waals surface area contributed by atoms with Crippen molar-refractivity contribution in [2.24, 2.45) is 4.99 Å². The molecule has 3 heteroatoms. The fourth-order valence-corrected chi connectivity index (χ4v) is 2.76. The highest BCUT2D eigenvalue weighted by Gasteiger charge is 2.34. The van der Waals surface area contributed by atoms with Crippen LogP contribution in [0, 0.1) is 0 Å². The van der Waals surface area contributed by atoms with Gasteiger partial charge in [-0.25, -0.2) is 0 Å². The van der Waals surface area contributed by atoms with E-state index in [-0.39, 0.29) is 11.6 Å². The summed E-state index contributed by atoms with van der Waals surface area (Å²) in [6.45, 7) is 0. The predicted molar refractivity (Wildman–Crippen MR) is 71.4 cm³/mol. The summed E-state index contributed by atoms with van der Waals surface area (Å²) in [5.74, 6) is -0.104. The smallest absolute Gasteiger partial charge is 0.194 e. The van der Waals surface area contributed by atoms with Crippen LogP contribution in [0.25, 0.3) is 0 Å². The molecule has 4 rings (SSSR count). The number of hydrogen-bond donors (Lipinski definition) is 0. The summed E-state index contributed by atoms with van der Waals surface area (Å²) in [6, 6.07) is 7.00. The zero-order valence-electron chi connectivity index (χ0n) is 10.0. The summed E-state index contributed by atoms with van der Waals surface area (Å²) in [6.07, 6.45) is 5.85. The fourth-order valence-electron chi connectivity index (χ4n) is 2.76. The molecular formula is C16H9NO2. The number of carbonyl (C=O) groups excluding carboxylic acids is 2. The van der Waals surface area contributed by atoms with Gasteiger partial charge in [0, 0.05) is 34.9 Å². The minimum atomic E-state index is -0.0705. The highest BCUT2D eigenvalue weighted by Crippen LogP contribution is 2.38. The second kappa shape index (κ2) is 3.48. The van der Waals surface area contributed by atoms with Crippen LogP contribution in [0.2, 0.25) is 0 Å². The van der Waals surface area contributed by atoms with E-state index in [1.54, 1.807) is 36.6 Å². The Morgan fingerprint density at radius 3 is 2.53 bits per heavy atom. The average Bonchev–Trinajstić information content (AvgIpc) is 2.90. The molecule has 0 radical (unpaired) electrons. The molecule has 0 fully saturated rings. The first-order valence-electron chi connectivity index (χ1n) is 6.12. The quantitative estimate of drug-likeness (QED) is 0.707. The normalized spacial score (nSPS) is 19.8. The number of carbonyl (C=O) groups is 2. The molecule has 0 bridgehead atoms. The molecule has 0 aromatic heterocycles. The van der Waals surface area contributed by atoms with Gasteiger partial charge in [0.1, 0.15) is 0 Å². The molecule has 0 saturated carbocycles. The zero-order valence-corrected chi connectivity index (χ0v) is 10.0. The lowest BCUT2D eigenvalue weighted by atomic mass is 9.78. The van der Waals surface area contributed by atoms with Crippen molar-refractivity contribution in [3.63, 3.8) is 0 Å². The molecule has 0 saturated heterocycles. The monoisotopic (exact) mass is 247 g/mol. The third-order valence-corrected chi connectivity index (χ3v) is 3.73. The van der Waals surface area contributed by atoms with Gasteiger partial charge >= 0.3 is 0 Å². The molecule has 0 amide bonds. The van der Waals surface area contributed by atoms with E-state index in [0.29, 0.717) is 28.7 Å². The number of hydrogen-bond acceptors (Lipinski definition) is 3. The first-order valence-corrected chi connectivity index (χ1v) is 6.12. The summed E-state index contributed by atoms with van der Waals surface area (Å²) < 4.78 is 0. The number of rotatable bonds is 0. The topological polar surface area (TPSA) is 46.5 Å². The van der Waals surface area contributed by atoms with Crippen LogP contribution in [0.1, 0.15) is 27.1 Å². The zero-order chi connectivity index (χ0) is 13.0. The van der Waals surface area contributed by atoms with E-state index in [4.69, 9.17) is 0 Å². The third-order valence-electron chi connectivity index (χ3n) is 3.73. The van der Waals surface area contributed by atoms with Crippen LogP contribution < -0.4 is 0 Å². The van der Waals surface area contributed by atoms with Crippen molar-refractivity contribution >= 4 is 17.8 Å². The lowest BCUT2D eigenvalue weighted by Crippen LogP contribution is -2.23. The Bertz CT molecular complexity index is 776. The van der Waals surface area contributed by atoms with E-state index < -0.39 is 0 Å². The molecule has 0 atom stereocenters. The summed E-state index contributed by atoms with van der Waals surface area (Å²) in [7, 11) is 0. The Labute approximate surface area is 109 Å². The molecular weight excluding hydrogens is 238 g/mol. The molecule has 3 nitrogen and oxygen atoms in total. The Balaban J connectivity index is 1.96. The Morgan fingerprint density at radius 1 is 1.00 bits per heavy atom. The largest absolute Gasteiger partial charge is 0.289 e. The van der Waals surface area contributed by atoms with Crippen molar-refractivity contribution in [3.05, 3.63) is 70.0 Å². The second-order valence-corrected chi connectivity index (χ2v) is 4.77. The van der Waals surface area contributed by atoms with Crippen molar-refractivity contribution in [1.82, 2.24) is 0 Å². The molecule has 0 unspecified atom stereocenters. The Kier molecular flexibility index (Phi) is 1.90. The Hall–Kier alpha value is -2.55. The highest BCUT2D eigenvalue weighted by molar-refractivity contribution is 6.28. The molecule has 1 heterocycles. The van der Waals surface area contributed by atoms with Crippen molar-refractivity contribution in [3.8, 4) is 0 Å². The lowest BCUT2D eigenvalue weighted by molar-refractivity contribution is 0.0975. The minimum Gasteiger partial charge on any atom is -0.289 e. The van der Waals surface area contributed by atoms with Gasteiger partial charge in [0.25, 0.3) is 0 Å². The van der Waals surface area contributed by atoms with Crippen molar-refractivity contribution in [2.45, 2.75) is 6.42 Å². The van der Waals surface area contributed by atoms with Gasteiger partial charge in [0.05, 0.1) is 5.70 Å². The molecule has 1 aliphatic heterocycles. The highest BCUT2D eigenvalue weighted by atomic mass is 16.1. The Morgan fingerprint density at radius 2 is 1.74 bits per heavy atom. The average molecular weight is 247 g/mol. The molecule has 90 valence electrons. The van der Waals surface area contributed by atoms with Crippen LogP contribution in [0.5, 0.6) is 0 Å². The van der Waals surface area contributed by atoms with Gasteiger partial charge in [-0.2, -0.15) is 0 Å². The van der Waals surface area contributed by atoms with E-state index in [0.717, 1.165) is 11.3 Å². The predicted octanol–water partition coefficient (Wildman–Crippen LogP) is 2.66.